The zero-order chi connectivity index (χ0) is 12.6. The zero-order valence-corrected chi connectivity index (χ0v) is 10.7. The standard InChI is InChI=1S/C12H10BrFO3/c1-17-11(16)12(5-10(15)6-12)7-2-8(13)4-9(14)3-7/h2-4H,5-6H2,1H3. The van der Waals surface area contributed by atoms with E-state index in [2.05, 4.69) is 15.9 Å². The molecule has 0 aliphatic heterocycles. The van der Waals surface area contributed by atoms with E-state index in [9.17, 15) is 14.0 Å². The molecule has 1 aliphatic carbocycles. The van der Waals surface area contributed by atoms with Crippen molar-refractivity contribution in [3.8, 4) is 0 Å². The van der Waals surface area contributed by atoms with Crippen LogP contribution < -0.4 is 0 Å². The maximum atomic E-state index is 13.3. The molecule has 17 heavy (non-hydrogen) atoms. The van der Waals surface area contributed by atoms with Gasteiger partial charge in [0, 0.05) is 17.3 Å². The van der Waals surface area contributed by atoms with E-state index in [1.54, 1.807) is 6.07 Å². The molecule has 0 N–H and O–H groups in total. The summed E-state index contributed by atoms with van der Waals surface area (Å²) in [6.07, 6.45) is 0.158. The number of ether oxygens (including phenoxy) is 1. The summed E-state index contributed by atoms with van der Waals surface area (Å²) in [6.45, 7) is 0. The summed E-state index contributed by atoms with van der Waals surface area (Å²) in [6, 6.07) is 4.22. The second kappa shape index (κ2) is 4.22. The molecule has 2 rings (SSSR count). The normalized spacial score (nSPS) is 17.5. The number of carbonyl (C=O) groups excluding carboxylic acids is 2. The molecule has 0 unspecified atom stereocenters. The van der Waals surface area contributed by atoms with Crippen molar-refractivity contribution in [3.63, 3.8) is 0 Å². The molecule has 3 nitrogen and oxygen atoms in total. The number of methoxy groups -OCH3 is 1. The van der Waals surface area contributed by atoms with Gasteiger partial charge in [0.25, 0.3) is 0 Å². The van der Waals surface area contributed by atoms with Crippen molar-refractivity contribution in [2.24, 2.45) is 0 Å². The van der Waals surface area contributed by atoms with Gasteiger partial charge in [-0.1, -0.05) is 15.9 Å². The highest BCUT2D eigenvalue weighted by Crippen LogP contribution is 2.43. The molecule has 0 aromatic heterocycles. The Balaban J connectivity index is 2.47. The summed E-state index contributed by atoms with van der Waals surface area (Å²) < 4.78 is 18.6. The molecule has 0 atom stereocenters. The van der Waals surface area contributed by atoms with Crippen molar-refractivity contribution < 1.29 is 18.7 Å². The lowest BCUT2D eigenvalue weighted by Gasteiger charge is -2.37. The number of rotatable bonds is 2. The van der Waals surface area contributed by atoms with Crippen LogP contribution in [0, 0.1) is 5.82 Å². The van der Waals surface area contributed by atoms with Gasteiger partial charge in [0.05, 0.1) is 7.11 Å². The van der Waals surface area contributed by atoms with Gasteiger partial charge in [-0.2, -0.15) is 0 Å². The molecule has 5 heteroatoms. The van der Waals surface area contributed by atoms with Gasteiger partial charge in [0.1, 0.15) is 17.0 Å². The van der Waals surface area contributed by atoms with Crippen molar-refractivity contribution >= 4 is 27.7 Å². The Morgan fingerprint density at radius 2 is 2.06 bits per heavy atom. The number of ketones is 1. The third-order valence-corrected chi connectivity index (χ3v) is 3.45. The van der Waals surface area contributed by atoms with Crippen molar-refractivity contribution in [1.82, 2.24) is 0 Å². The quantitative estimate of drug-likeness (QED) is 0.788. The Hall–Kier alpha value is -1.23. The second-order valence-electron chi connectivity index (χ2n) is 4.12. The summed E-state index contributed by atoms with van der Waals surface area (Å²) in [5.74, 6) is -0.956. The molecule has 0 saturated heterocycles. The highest BCUT2D eigenvalue weighted by atomic mass is 79.9. The molecule has 0 spiro atoms. The van der Waals surface area contributed by atoms with E-state index in [1.807, 2.05) is 0 Å². The Bertz CT molecular complexity index is 470. The number of hydrogen-bond donors (Lipinski definition) is 0. The minimum absolute atomic E-state index is 0.0178. The predicted molar refractivity (Wildman–Crippen MR) is 62.0 cm³/mol. The van der Waals surface area contributed by atoms with Crippen LogP contribution in [0.25, 0.3) is 0 Å². The van der Waals surface area contributed by atoms with Crippen LogP contribution in [0.15, 0.2) is 22.7 Å². The van der Waals surface area contributed by atoms with Crippen LogP contribution >= 0.6 is 15.9 Å². The smallest absolute Gasteiger partial charge is 0.317 e. The average molecular weight is 301 g/mol. The van der Waals surface area contributed by atoms with E-state index in [0.29, 0.717) is 10.0 Å². The molecule has 1 fully saturated rings. The van der Waals surface area contributed by atoms with Crippen molar-refractivity contribution in [2.75, 3.05) is 7.11 Å². The van der Waals surface area contributed by atoms with Gasteiger partial charge >= 0.3 is 5.97 Å². The van der Waals surface area contributed by atoms with Gasteiger partial charge in [-0.15, -0.1) is 0 Å². The van der Waals surface area contributed by atoms with Gasteiger partial charge in [-0.05, 0) is 23.8 Å². The Labute approximate surface area is 106 Å². The summed E-state index contributed by atoms with van der Waals surface area (Å²) in [4.78, 5) is 22.9. The minimum Gasteiger partial charge on any atom is -0.468 e. The number of hydrogen-bond acceptors (Lipinski definition) is 3. The fourth-order valence-corrected chi connectivity index (χ4v) is 2.58. The van der Waals surface area contributed by atoms with Gasteiger partial charge in [0.15, 0.2) is 0 Å². The average Bonchev–Trinajstić information content (AvgIpc) is 2.22. The molecular formula is C12H10BrFO3. The SMILES string of the molecule is COC(=O)C1(c2cc(F)cc(Br)c2)CC(=O)C1. The lowest BCUT2D eigenvalue weighted by atomic mass is 9.63. The molecule has 0 heterocycles. The maximum Gasteiger partial charge on any atom is 0.317 e. The number of esters is 1. The fraction of sp³-hybridized carbons (Fsp3) is 0.333. The Morgan fingerprint density at radius 1 is 1.41 bits per heavy atom. The summed E-state index contributed by atoms with van der Waals surface area (Å²) in [5.41, 5.74) is -0.521. The Morgan fingerprint density at radius 3 is 2.53 bits per heavy atom. The van der Waals surface area contributed by atoms with Crippen LogP contribution in [0.3, 0.4) is 0 Å². The van der Waals surface area contributed by atoms with Crippen LogP contribution in [0.2, 0.25) is 0 Å². The minimum atomic E-state index is -1.00. The van der Waals surface area contributed by atoms with Crippen LogP contribution in [0.5, 0.6) is 0 Å². The van der Waals surface area contributed by atoms with Crippen molar-refractivity contribution in [2.45, 2.75) is 18.3 Å². The first-order valence-corrected chi connectivity index (χ1v) is 5.84. The number of carbonyl (C=O) groups is 2. The number of Topliss-reactive ketones (excluding diaryl/α,β-unsaturated/α-hetero) is 1. The van der Waals surface area contributed by atoms with E-state index in [1.165, 1.54) is 19.2 Å². The maximum absolute atomic E-state index is 13.3. The van der Waals surface area contributed by atoms with Gasteiger partial charge in [-0.3, -0.25) is 9.59 Å². The molecule has 0 amide bonds. The summed E-state index contributed by atoms with van der Waals surface area (Å²) >= 11 is 3.17. The van der Waals surface area contributed by atoms with E-state index >= 15 is 0 Å². The van der Waals surface area contributed by atoms with Crippen LogP contribution in [0.4, 0.5) is 4.39 Å². The first-order chi connectivity index (χ1) is 7.98. The summed E-state index contributed by atoms with van der Waals surface area (Å²) in [5, 5.41) is 0. The Kier molecular flexibility index (Phi) is 3.03. The molecule has 1 aromatic rings. The van der Waals surface area contributed by atoms with Crippen molar-refractivity contribution in [1.29, 1.82) is 0 Å². The molecule has 0 radical (unpaired) electrons. The fourth-order valence-electron chi connectivity index (χ4n) is 2.11. The highest BCUT2D eigenvalue weighted by molar-refractivity contribution is 9.10. The van der Waals surface area contributed by atoms with Crippen molar-refractivity contribution in [3.05, 3.63) is 34.1 Å². The molecule has 90 valence electrons. The van der Waals surface area contributed by atoms with E-state index in [4.69, 9.17) is 4.74 Å². The monoisotopic (exact) mass is 300 g/mol. The third-order valence-electron chi connectivity index (χ3n) is 2.99. The topological polar surface area (TPSA) is 43.4 Å². The lowest BCUT2D eigenvalue weighted by molar-refractivity contribution is -0.156. The van der Waals surface area contributed by atoms with Gasteiger partial charge in [-0.25, -0.2) is 4.39 Å². The largest absolute Gasteiger partial charge is 0.468 e. The number of halogens is 2. The molecule has 1 saturated carbocycles. The predicted octanol–water partition coefficient (Wildman–Crippen LogP) is 2.36. The number of benzene rings is 1. The van der Waals surface area contributed by atoms with E-state index in [-0.39, 0.29) is 18.6 Å². The van der Waals surface area contributed by atoms with E-state index < -0.39 is 17.2 Å². The van der Waals surface area contributed by atoms with Crippen LogP contribution in [-0.4, -0.2) is 18.9 Å². The summed E-state index contributed by atoms with van der Waals surface area (Å²) in [7, 11) is 1.27. The molecule has 0 bridgehead atoms. The molecule has 1 aliphatic rings. The van der Waals surface area contributed by atoms with Gasteiger partial charge in [0.2, 0.25) is 0 Å². The van der Waals surface area contributed by atoms with Crippen LogP contribution in [0.1, 0.15) is 18.4 Å². The first-order valence-electron chi connectivity index (χ1n) is 5.04. The van der Waals surface area contributed by atoms with Crippen LogP contribution in [-0.2, 0) is 19.7 Å². The second-order valence-corrected chi connectivity index (χ2v) is 5.04. The van der Waals surface area contributed by atoms with E-state index in [0.717, 1.165) is 0 Å². The first kappa shape index (κ1) is 12.2. The molecule has 1 aromatic carbocycles. The lowest BCUT2D eigenvalue weighted by Crippen LogP contribution is -2.49. The zero-order valence-electron chi connectivity index (χ0n) is 9.13. The van der Waals surface area contributed by atoms with Gasteiger partial charge < -0.3 is 4.74 Å². The molecular weight excluding hydrogens is 291 g/mol. The third kappa shape index (κ3) is 1.99. The highest BCUT2D eigenvalue weighted by Gasteiger charge is 2.52.